The van der Waals surface area contributed by atoms with Crippen LogP contribution in [-0.4, -0.2) is 28.8 Å². The fourth-order valence-electron chi connectivity index (χ4n) is 1.35. The van der Waals surface area contributed by atoms with Crippen LogP contribution in [0.1, 0.15) is 33.6 Å². The van der Waals surface area contributed by atoms with E-state index in [1.165, 1.54) is 0 Å². The molecule has 0 rings (SSSR count). The minimum Gasteiger partial charge on any atom is -0.313 e. The van der Waals surface area contributed by atoms with Crippen LogP contribution < -0.4 is 5.32 Å². The van der Waals surface area contributed by atoms with Crippen molar-refractivity contribution in [3.63, 3.8) is 0 Å². The summed E-state index contributed by atoms with van der Waals surface area (Å²) in [6, 6.07) is 2.58. The Morgan fingerprint density at radius 3 is 2.60 bits per heavy atom. The van der Waals surface area contributed by atoms with Crippen LogP contribution in [0, 0.1) is 16.7 Å². The van der Waals surface area contributed by atoms with Gasteiger partial charge in [-0.2, -0.15) is 5.26 Å². The average molecular weight is 230 g/mol. The molecule has 4 heteroatoms. The Labute approximate surface area is 95.7 Å². The first-order valence-corrected chi connectivity index (χ1v) is 7.05. The van der Waals surface area contributed by atoms with Crippen LogP contribution in [0.2, 0.25) is 0 Å². The van der Waals surface area contributed by atoms with Gasteiger partial charge in [-0.1, -0.05) is 0 Å². The van der Waals surface area contributed by atoms with Crippen LogP contribution in [0.15, 0.2) is 0 Å². The number of hydrogen-bond acceptors (Lipinski definition) is 3. The maximum atomic E-state index is 10.9. The van der Waals surface area contributed by atoms with Crippen molar-refractivity contribution in [2.75, 3.05) is 18.6 Å². The van der Waals surface area contributed by atoms with Gasteiger partial charge in [-0.25, -0.2) is 0 Å². The summed E-state index contributed by atoms with van der Waals surface area (Å²) >= 11 is 0. The maximum absolute atomic E-state index is 10.9. The molecule has 3 nitrogen and oxygen atoms in total. The molecule has 88 valence electrons. The summed E-state index contributed by atoms with van der Waals surface area (Å²) in [5, 5.41) is 12.1. The predicted octanol–water partition coefficient (Wildman–Crippen LogP) is 1.67. The molecule has 0 spiro atoms. The van der Waals surface area contributed by atoms with Gasteiger partial charge in [0.1, 0.15) is 0 Å². The molecule has 2 atom stereocenters. The molecular weight excluding hydrogens is 208 g/mol. The van der Waals surface area contributed by atoms with Gasteiger partial charge in [0.25, 0.3) is 0 Å². The largest absolute Gasteiger partial charge is 0.313 e. The van der Waals surface area contributed by atoms with Gasteiger partial charge in [-0.15, -0.1) is 0 Å². The first-order valence-electron chi connectivity index (χ1n) is 5.32. The van der Waals surface area contributed by atoms with Crippen molar-refractivity contribution < 1.29 is 4.21 Å². The van der Waals surface area contributed by atoms with E-state index in [0.29, 0.717) is 11.8 Å². The Morgan fingerprint density at radius 2 is 2.13 bits per heavy atom. The zero-order valence-corrected chi connectivity index (χ0v) is 11.0. The Balaban J connectivity index is 3.55. The second-order valence-corrected chi connectivity index (χ2v) is 6.17. The molecule has 0 bridgehead atoms. The van der Waals surface area contributed by atoms with Crippen molar-refractivity contribution in [1.29, 1.82) is 5.26 Å². The summed E-state index contributed by atoms with van der Waals surface area (Å²) in [6.45, 7) is 6.84. The van der Waals surface area contributed by atoms with Crippen LogP contribution in [-0.2, 0) is 10.8 Å². The molecule has 2 unspecified atom stereocenters. The van der Waals surface area contributed by atoms with Gasteiger partial charge < -0.3 is 5.32 Å². The smallest absolute Gasteiger partial charge is 0.0683 e. The summed E-state index contributed by atoms with van der Waals surface area (Å²) in [4.78, 5) is 0. The lowest BCUT2D eigenvalue weighted by Gasteiger charge is -2.16. The van der Waals surface area contributed by atoms with Crippen molar-refractivity contribution in [2.24, 2.45) is 5.41 Å². The zero-order chi connectivity index (χ0) is 11.9. The molecule has 0 aromatic carbocycles. The van der Waals surface area contributed by atoms with Gasteiger partial charge >= 0.3 is 0 Å². The normalized spacial score (nSPS) is 15.7. The SMILES string of the molecule is CC(CS(C)=O)NCCCC(C)(C)C#N. The third kappa shape index (κ3) is 8.59. The highest BCUT2D eigenvalue weighted by molar-refractivity contribution is 7.84. The second-order valence-electron chi connectivity index (χ2n) is 4.69. The maximum Gasteiger partial charge on any atom is 0.0683 e. The molecule has 0 aliphatic rings. The van der Waals surface area contributed by atoms with Crippen molar-refractivity contribution in [1.82, 2.24) is 5.32 Å². The van der Waals surface area contributed by atoms with Crippen LogP contribution in [0.5, 0.6) is 0 Å². The Kier molecular flexibility index (Phi) is 6.78. The van der Waals surface area contributed by atoms with Crippen molar-refractivity contribution >= 4 is 10.8 Å². The molecular formula is C11H22N2OS. The van der Waals surface area contributed by atoms with Crippen LogP contribution in [0.25, 0.3) is 0 Å². The number of nitrogens with zero attached hydrogens (tertiary/aromatic N) is 1. The summed E-state index contributed by atoms with van der Waals surface area (Å²) in [5.41, 5.74) is -0.224. The fourth-order valence-corrected chi connectivity index (χ4v) is 2.17. The standard InChI is InChI=1S/C11H22N2OS/c1-10(8-15(4)14)13-7-5-6-11(2,3)9-12/h10,13H,5-8H2,1-4H3. The van der Waals surface area contributed by atoms with E-state index in [9.17, 15) is 4.21 Å². The van der Waals surface area contributed by atoms with E-state index in [4.69, 9.17) is 5.26 Å². The number of hydrogen-bond donors (Lipinski definition) is 1. The van der Waals surface area contributed by atoms with Gasteiger partial charge in [0.05, 0.1) is 11.5 Å². The average Bonchev–Trinajstić information content (AvgIpc) is 2.11. The first-order chi connectivity index (χ1) is 6.87. The van der Waals surface area contributed by atoms with Gasteiger partial charge in [0, 0.05) is 28.9 Å². The quantitative estimate of drug-likeness (QED) is 0.677. The molecule has 0 amide bonds. The highest BCUT2D eigenvalue weighted by atomic mass is 32.2. The molecule has 0 heterocycles. The second kappa shape index (κ2) is 6.97. The molecule has 1 N–H and O–H groups in total. The zero-order valence-electron chi connectivity index (χ0n) is 10.2. The fraction of sp³-hybridized carbons (Fsp3) is 0.909. The van der Waals surface area contributed by atoms with Crippen LogP contribution in [0.3, 0.4) is 0 Å². The van der Waals surface area contributed by atoms with E-state index in [1.807, 2.05) is 20.8 Å². The molecule has 0 aliphatic carbocycles. The Morgan fingerprint density at radius 1 is 1.53 bits per heavy atom. The Hall–Kier alpha value is -0.400. The molecule has 0 fully saturated rings. The minimum atomic E-state index is -0.735. The van der Waals surface area contributed by atoms with Crippen molar-refractivity contribution in [3.05, 3.63) is 0 Å². The Bertz CT molecular complexity index is 245. The molecule has 0 aliphatic heterocycles. The van der Waals surface area contributed by atoms with E-state index < -0.39 is 10.8 Å². The van der Waals surface area contributed by atoms with Crippen LogP contribution >= 0.6 is 0 Å². The number of rotatable bonds is 7. The van der Waals surface area contributed by atoms with Crippen LogP contribution in [0.4, 0.5) is 0 Å². The highest BCUT2D eigenvalue weighted by Gasteiger charge is 2.15. The topological polar surface area (TPSA) is 52.9 Å². The van der Waals surface area contributed by atoms with E-state index >= 15 is 0 Å². The summed E-state index contributed by atoms with van der Waals surface area (Å²) < 4.78 is 10.9. The van der Waals surface area contributed by atoms with Gasteiger partial charge in [0.2, 0.25) is 0 Å². The van der Waals surface area contributed by atoms with Gasteiger partial charge in [-0.3, -0.25) is 4.21 Å². The number of nitrogens with one attached hydrogen (secondary N) is 1. The highest BCUT2D eigenvalue weighted by Crippen LogP contribution is 2.19. The van der Waals surface area contributed by atoms with Crippen molar-refractivity contribution in [2.45, 2.75) is 39.7 Å². The van der Waals surface area contributed by atoms with Crippen molar-refractivity contribution in [3.8, 4) is 6.07 Å². The lowest BCUT2D eigenvalue weighted by Crippen LogP contribution is -2.32. The van der Waals surface area contributed by atoms with E-state index in [-0.39, 0.29) is 5.41 Å². The third-order valence-corrected chi connectivity index (χ3v) is 3.23. The third-order valence-electron chi connectivity index (χ3n) is 2.26. The number of nitriles is 1. The molecule has 15 heavy (non-hydrogen) atoms. The minimum absolute atomic E-state index is 0.224. The summed E-state index contributed by atoms with van der Waals surface area (Å²) in [6.07, 6.45) is 3.61. The predicted molar refractivity (Wildman–Crippen MR) is 65.0 cm³/mol. The lowest BCUT2D eigenvalue weighted by atomic mass is 9.90. The molecule has 0 aromatic heterocycles. The van der Waals surface area contributed by atoms with Gasteiger partial charge in [-0.05, 0) is 40.2 Å². The molecule has 0 aromatic rings. The molecule has 0 saturated heterocycles. The van der Waals surface area contributed by atoms with E-state index in [0.717, 1.165) is 19.4 Å². The summed E-state index contributed by atoms with van der Waals surface area (Å²) in [5.74, 6) is 0.696. The monoisotopic (exact) mass is 230 g/mol. The summed E-state index contributed by atoms with van der Waals surface area (Å²) in [7, 11) is -0.735. The molecule has 0 radical (unpaired) electrons. The lowest BCUT2D eigenvalue weighted by molar-refractivity contribution is 0.419. The first kappa shape index (κ1) is 14.6. The van der Waals surface area contributed by atoms with E-state index in [2.05, 4.69) is 11.4 Å². The molecule has 0 saturated carbocycles. The van der Waals surface area contributed by atoms with E-state index in [1.54, 1.807) is 6.26 Å². The van der Waals surface area contributed by atoms with Gasteiger partial charge in [0.15, 0.2) is 0 Å².